The van der Waals surface area contributed by atoms with E-state index in [4.69, 9.17) is 4.74 Å². The molecule has 0 aromatic heterocycles. The lowest BCUT2D eigenvalue weighted by Gasteiger charge is -2.51. The van der Waals surface area contributed by atoms with Crippen LogP contribution in [0.15, 0.2) is 36.9 Å². The Labute approximate surface area is 162 Å². The number of methoxy groups -OCH3 is 1. The molecule has 2 atom stereocenters. The third-order valence-corrected chi connectivity index (χ3v) is 6.05. The maximum absolute atomic E-state index is 12.5. The second-order valence-electron chi connectivity index (χ2n) is 7.97. The molecule has 0 unspecified atom stereocenters. The van der Waals surface area contributed by atoms with Crippen molar-refractivity contribution in [2.45, 2.75) is 44.8 Å². The average molecular weight is 373 g/mol. The van der Waals surface area contributed by atoms with Crippen molar-refractivity contribution in [2.75, 3.05) is 33.3 Å². The van der Waals surface area contributed by atoms with Gasteiger partial charge in [0.15, 0.2) is 0 Å². The van der Waals surface area contributed by atoms with Gasteiger partial charge in [-0.25, -0.2) is 0 Å². The Kier molecular flexibility index (Phi) is 6.55. The van der Waals surface area contributed by atoms with Gasteiger partial charge in [0.1, 0.15) is 5.75 Å². The van der Waals surface area contributed by atoms with Crippen LogP contribution in [0.4, 0.5) is 0 Å². The molecule has 148 valence electrons. The van der Waals surface area contributed by atoms with Crippen LogP contribution in [0.1, 0.15) is 37.7 Å². The predicted molar refractivity (Wildman–Crippen MR) is 107 cm³/mol. The summed E-state index contributed by atoms with van der Waals surface area (Å²) < 4.78 is 5.24. The molecule has 3 rings (SSSR count). The first-order chi connectivity index (χ1) is 13.1. The number of benzene rings is 1. The number of likely N-dealkylation sites (tertiary alicyclic amines) is 2. The second-order valence-corrected chi connectivity index (χ2v) is 7.97. The molecular formula is C22H32N2O3. The Morgan fingerprint density at radius 2 is 2.11 bits per heavy atom. The first-order valence-electron chi connectivity index (χ1n) is 9.98. The van der Waals surface area contributed by atoms with Crippen molar-refractivity contribution in [1.82, 2.24) is 9.80 Å². The zero-order chi connectivity index (χ0) is 19.3. The highest BCUT2D eigenvalue weighted by Gasteiger charge is 2.46. The molecule has 0 radical (unpaired) electrons. The molecule has 0 bridgehead atoms. The normalized spacial score (nSPS) is 26.1. The second kappa shape index (κ2) is 8.89. The number of rotatable bonds is 6. The maximum atomic E-state index is 12.5. The van der Waals surface area contributed by atoms with Crippen LogP contribution in [-0.4, -0.2) is 60.2 Å². The van der Waals surface area contributed by atoms with Crippen LogP contribution in [0.25, 0.3) is 0 Å². The van der Waals surface area contributed by atoms with E-state index in [9.17, 15) is 9.90 Å². The number of hydrogen-bond donors (Lipinski definition) is 1. The molecule has 27 heavy (non-hydrogen) atoms. The number of amides is 1. The lowest BCUT2D eigenvalue weighted by Crippen LogP contribution is -2.59. The van der Waals surface area contributed by atoms with E-state index >= 15 is 0 Å². The van der Waals surface area contributed by atoms with Gasteiger partial charge in [-0.2, -0.15) is 0 Å². The Hall–Kier alpha value is -1.85. The largest absolute Gasteiger partial charge is 0.497 e. The van der Waals surface area contributed by atoms with Gasteiger partial charge < -0.3 is 14.7 Å². The van der Waals surface area contributed by atoms with Crippen molar-refractivity contribution >= 4 is 5.91 Å². The average Bonchev–Trinajstić information content (AvgIpc) is 2.70. The summed E-state index contributed by atoms with van der Waals surface area (Å²) in [7, 11) is 1.68. The standard InChI is InChI=1S/C22H32N2O3/c1-3-4-6-21(26)24-13-5-12-22(17-24)16-23(14-11-20(22)25)15-18-7-9-19(27-2)10-8-18/h3,7-10,20,25H,1,4-6,11-17H2,2H3/t20-,22-/m1/s1. The van der Waals surface area contributed by atoms with E-state index < -0.39 is 0 Å². The molecule has 2 fully saturated rings. The molecular weight excluding hydrogens is 340 g/mol. The van der Waals surface area contributed by atoms with E-state index in [1.54, 1.807) is 13.2 Å². The van der Waals surface area contributed by atoms with E-state index in [2.05, 4.69) is 23.6 Å². The zero-order valence-electron chi connectivity index (χ0n) is 16.4. The Balaban J connectivity index is 1.66. The molecule has 0 saturated carbocycles. The van der Waals surface area contributed by atoms with E-state index in [1.165, 1.54) is 5.56 Å². The third-order valence-electron chi connectivity index (χ3n) is 6.05. The minimum Gasteiger partial charge on any atom is -0.497 e. The van der Waals surface area contributed by atoms with Gasteiger partial charge in [0.2, 0.25) is 5.91 Å². The Morgan fingerprint density at radius 1 is 1.33 bits per heavy atom. The number of aliphatic hydroxyl groups excluding tert-OH is 1. The van der Waals surface area contributed by atoms with Crippen molar-refractivity contribution in [1.29, 1.82) is 0 Å². The van der Waals surface area contributed by atoms with Gasteiger partial charge in [0.25, 0.3) is 0 Å². The first kappa shape index (κ1) is 19.9. The van der Waals surface area contributed by atoms with Crippen molar-refractivity contribution in [3.63, 3.8) is 0 Å². The van der Waals surface area contributed by atoms with Crippen molar-refractivity contribution < 1.29 is 14.6 Å². The van der Waals surface area contributed by atoms with Crippen molar-refractivity contribution in [3.05, 3.63) is 42.5 Å². The molecule has 1 spiro atoms. The van der Waals surface area contributed by atoms with Crippen LogP contribution in [0.3, 0.4) is 0 Å². The molecule has 1 N–H and O–H groups in total. The van der Waals surface area contributed by atoms with Gasteiger partial charge >= 0.3 is 0 Å². The van der Waals surface area contributed by atoms with Gasteiger partial charge in [-0.1, -0.05) is 18.2 Å². The third kappa shape index (κ3) is 4.71. The fourth-order valence-electron chi connectivity index (χ4n) is 4.52. The van der Waals surface area contributed by atoms with E-state index in [1.807, 2.05) is 17.0 Å². The van der Waals surface area contributed by atoms with Crippen LogP contribution in [0.5, 0.6) is 5.75 Å². The van der Waals surface area contributed by atoms with E-state index in [0.717, 1.165) is 51.2 Å². The van der Waals surface area contributed by atoms with Crippen LogP contribution < -0.4 is 4.74 Å². The van der Waals surface area contributed by atoms with Crippen LogP contribution in [-0.2, 0) is 11.3 Å². The summed E-state index contributed by atoms with van der Waals surface area (Å²) in [6.07, 6.45) is 5.42. The van der Waals surface area contributed by atoms with Gasteiger partial charge in [-0.15, -0.1) is 6.58 Å². The van der Waals surface area contributed by atoms with E-state index in [0.29, 0.717) is 19.4 Å². The Morgan fingerprint density at radius 3 is 2.81 bits per heavy atom. The number of piperidine rings is 2. The molecule has 0 aliphatic carbocycles. The lowest BCUT2D eigenvalue weighted by molar-refractivity contribution is -0.141. The predicted octanol–water partition coefficient (Wildman–Crippen LogP) is 2.84. The van der Waals surface area contributed by atoms with Gasteiger partial charge in [-0.3, -0.25) is 9.69 Å². The first-order valence-corrected chi connectivity index (χ1v) is 9.98. The number of carbonyl (C=O) groups is 1. The zero-order valence-corrected chi connectivity index (χ0v) is 16.4. The lowest BCUT2D eigenvalue weighted by atomic mass is 9.71. The minimum absolute atomic E-state index is 0.188. The van der Waals surface area contributed by atoms with Crippen LogP contribution in [0, 0.1) is 5.41 Å². The maximum Gasteiger partial charge on any atom is 0.222 e. The smallest absolute Gasteiger partial charge is 0.222 e. The molecule has 2 aliphatic heterocycles. The monoisotopic (exact) mass is 372 g/mol. The number of hydrogen-bond acceptors (Lipinski definition) is 4. The molecule has 5 nitrogen and oxygen atoms in total. The summed E-state index contributed by atoms with van der Waals surface area (Å²) in [5.41, 5.74) is 1.05. The summed E-state index contributed by atoms with van der Waals surface area (Å²) in [6, 6.07) is 8.18. The molecule has 1 aromatic carbocycles. The molecule has 2 aliphatic rings. The summed E-state index contributed by atoms with van der Waals surface area (Å²) in [5, 5.41) is 10.8. The highest BCUT2D eigenvalue weighted by Crippen LogP contribution is 2.39. The molecule has 1 aromatic rings. The number of nitrogens with zero attached hydrogens (tertiary/aromatic N) is 2. The topological polar surface area (TPSA) is 53.0 Å². The number of allylic oxidation sites excluding steroid dienone is 1. The number of ether oxygens (including phenoxy) is 1. The fraction of sp³-hybridized carbons (Fsp3) is 0.591. The van der Waals surface area contributed by atoms with Crippen LogP contribution in [0.2, 0.25) is 0 Å². The summed E-state index contributed by atoms with van der Waals surface area (Å²) in [5.74, 6) is 1.05. The van der Waals surface area contributed by atoms with Crippen molar-refractivity contribution in [3.8, 4) is 5.75 Å². The summed E-state index contributed by atoms with van der Waals surface area (Å²) in [4.78, 5) is 16.9. The van der Waals surface area contributed by atoms with Gasteiger partial charge in [0.05, 0.1) is 13.2 Å². The number of aliphatic hydroxyl groups is 1. The minimum atomic E-state index is -0.334. The van der Waals surface area contributed by atoms with Gasteiger partial charge in [0, 0.05) is 44.6 Å². The highest BCUT2D eigenvalue weighted by atomic mass is 16.5. The Bertz CT molecular complexity index is 645. The fourth-order valence-corrected chi connectivity index (χ4v) is 4.52. The molecule has 2 saturated heterocycles. The SMILES string of the molecule is C=CCCC(=O)N1CCC[C@@]2(CN(Cc3ccc(OC)cc3)CC[C@H]2O)C1. The van der Waals surface area contributed by atoms with Gasteiger partial charge in [-0.05, 0) is 43.4 Å². The quantitative estimate of drug-likeness (QED) is 0.780. The molecule has 2 heterocycles. The van der Waals surface area contributed by atoms with E-state index in [-0.39, 0.29) is 17.4 Å². The molecule has 1 amide bonds. The summed E-state index contributed by atoms with van der Waals surface area (Å²) in [6.45, 7) is 7.78. The summed E-state index contributed by atoms with van der Waals surface area (Å²) >= 11 is 0. The van der Waals surface area contributed by atoms with Crippen molar-refractivity contribution in [2.24, 2.45) is 5.41 Å². The number of carbonyl (C=O) groups excluding carboxylic acids is 1. The highest BCUT2D eigenvalue weighted by molar-refractivity contribution is 5.76. The molecule has 5 heteroatoms. The van der Waals surface area contributed by atoms with Crippen LogP contribution >= 0.6 is 0 Å².